The van der Waals surface area contributed by atoms with Gasteiger partial charge in [0, 0.05) is 29.8 Å². The molecule has 10 heteroatoms. The van der Waals surface area contributed by atoms with Gasteiger partial charge in [0.25, 0.3) is 5.69 Å². The quantitative estimate of drug-likeness (QED) is 0.0241. The molecule has 1 atom stereocenters. The highest BCUT2D eigenvalue weighted by Gasteiger charge is 2.58. The Bertz CT molecular complexity index is 2040. The highest BCUT2D eigenvalue weighted by molar-refractivity contribution is 5.73. The number of hydrogen-bond donors (Lipinski definition) is 0. The molecule has 6 rings (SSSR count). The Labute approximate surface area is 349 Å². The summed E-state index contributed by atoms with van der Waals surface area (Å²) in [6.45, 7) is 7.88. The van der Waals surface area contributed by atoms with Crippen molar-refractivity contribution in [3.05, 3.63) is 124 Å². The van der Waals surface area contributed by atoms with Crippen LogP contribution in [0.3, 0.4) is 0 Å². The molecule has 1 spiro atoms. The lowest BCUT2D eigenvalue weighted by molar-refractivity contribution is -0.384. The normalized spacial score (nSPS) is 16.2. The molecule has 0 amide bonds. The molecule has 0 aliphatic carbocycles. The summed E-state index contributed by atoms with van der Waals surface area (Å²) in [5, 5.41) is 20.2. The largest absolute Gasteiger partial charge is 0.494 e. The summed E-state index contributed by atoms with van der Waals surface area (Å²) in [4.78, 5) is 25.9. The topological polar surface area (TPSA) is 116 Å². The lowest BCUT2D eigenvalue weighted by Crippen LogP contribution is -2.60. The zero-order chi connectivity index (χ0) is 41.5. The van der Waals surface area contributed by atoms with Crippen molar-refractivity contribution >= 4 is 34.8 Å². The van der Waals surface area contributed by atoms with E-state index in [2.05, 4.69) is 60.2 Å². The van der Waals surface area contributed by atoms with Crippen LogP contribution in [0.1, 0.15) is 121 Å². The highest BCUT2D eigenvalue weighted by atomic mass is 16.6. The number of para-hydroxylation sites is 1. The summed E-state index contributed by atoms with van der Waals surface area (Å²) in [5.74, 6) is 1.20. The number of nitro benzene ring substituents is 1. The fraction of sp³-hybridized carbons (Fsp3) is 0.449. The monoisotopic (exact) mass is 800 g/mol. The van der Waals surface area contributed by atoms with E-state index < -0.39 is 16.1 Å². The van der Waals surface area contributed by atoms with Crippen molar-refractivity contribution in [2.24, 2.45) is 10.2 Å². The minimum atomic E-state index is -0.907. The van der Waals surface area contributed by atoms with Crippen molar-refractivity contribution in [3.63, 3.8) is 0 Å². The number of carbonyl (C=O) groups excluding carboxylic acids is 1. The van der Waals surface area contributed by atoms with E-state index in [0.717, 1.165) is 60.7 Å². The van der Waals surface area contributed by atoms with Gasteiger partial charge in [0.15, 0.2) is 0 Å². The van der Waals surface area contributed by atoms with Crippen LogP contribution in [-0.2, 0) is 21.4 Å². The lowest BCUT2D eigenvalue weighted by Gasteiger charge is -2.47. The van der Waals surface area contributed by atoms with Crippen LogP contribution in [0.5, 0.6) is 11.5 Å². The van der Waals surface area contributed by atoms with E-state index in [9.17, 15) is 14.9 Å². The molecule has 0 saturated carbocycles. The Morgan fingerprint density at radius 3 is 2.14 bits per heavy atom. The zero-order valence-corrected chi connectivity index (χ0v) is 35.1. The number of aryl methyl sites for hydroxylation is 1. The van der Waals surface area contributed by atoms with Crippen molar-refractivity contribution in [2.45, 2.75) is 122 Å². The van der Waals surface area contributed by atoms with E-state index in [1.165, 1.54) is 75.5 Å². The summed E-state index contributed by atoms with van der Waals surface area (Å²) in [6, 6.07) is 28.6. The van der Waals surface area contributed by atoms with Crippen LogP contribution >= 0.6 is 0 Å². The molecule has 2 aliphatic rings. The minimum Gasteiger partial charge on any atom is -0.494 e. The van der Waals surface area contributed by atoms with Crippen LogP contribution in [0, 0.1) is 10.1 Å². The molecule has 59 heavy (non-hydrogen) atoms. The van der Waals surface area contributed by atoms with Gasteiger partial charge in [0.1, 0.15) is 18.1 Å². The Balaban J connectivity index is 0.885. The molecule has 1 unspecified atom stereocenters. The maximum Gasteiger partial charge on any atom is 0.305 e. The van der Waals surface area contributed by atoms with Gasteiger partial charge in [-0.1, -0.05) is 95.0 Å². The third-order valence-corrected chi connectivity index (χ3v) is 11.6. The van der Waals surface area contributed by atoms with Crippen molar-refractivity contribution in [2.75, 3.05) is 24.7 Å². The number of nitro groups is 1. The molecular formula is C49H60N4O6. The van der Waals surface area contributed by atoms with Crippen LogP contribution in [-0.4, -0.2) is 36.4 Å². The van der Waals surface area contributed by atoms with E-state index in [-0.39, 0.29) is 18.3 Å². The number of rotatable bonds is 23. The molecule has 2 aliphatic heterocycles. The van der Waals surface area contributed by atoms with Gasteiger partial charge in [-0.15, -0.1) is 0 Å². The van der Waals surface area contributed by atoms with E-state index in [1.807, 2.05) is 60.7 Å². The van der Waals surface area contributed by atoms with Crippen LogP contribution < -0.4 is 14.4 Å². The molecule has 0 fully saturated rings. The first-order valence-electron chi connectivity index (χ1n) is 21.6. The number of nitrogens with zero attached hydrogens (tertiary/aromatic N) is 4. The third-order valence-electron chi connectivity index (χ3n) is 11.6. The second-order valence-electron chi connectivity index (χ2n) is 16.2. The molecule has 10 nitrogen and oxygen atoms in total. The second kappa shape index (κ2) is 21.0. The van der Waals surface area contributed by atoms with Crippen LogP contribution in [0.25, 0.3) is 6.08 Å². The smallest absolute Gasteiger partial charge is 0.305 e. The van der Waals surface area contributed by atoms with Crippen molar-refractivity contribution in [1.29, 1.82) is 0 Å². The maximum absolute atomic E-state index is 12.8. The third kappa shape index (κ3) is 11.2. The molecule has 4 aromatic rings. The predicted octanol–water partition coefficient (Wildman–Crippen LogP) is 13.2. The average Bonchev–Trinajstić information content (AvgIpc) is 3.42. The van der Waals surface area contributed by atoms with Crippen LogP contribution in [0.4, 0.5) is 22.7 Å². The number of unbranched alkanes of at least 4 members (excludes halogenated alkanes) is 10. The molecule has 0 aromatic heterocycles. The second-order valence-corrected chi connectivity index (χ2v) is 16.2. The Hall–Kier alpha value is -5.51. The number of fused-ring (bicyclic) bond motifs is 2. The van der Waals surface area contributed by atoms with Crippen molar-refractivity contribution < 1.29 is 23.9 Å². The SMILES string of the molecule is CCCCCCCCCCCCOc1ccc(N=Nc2ccc(CCCCC(=O)OCCN3c4ccccc4C(C)(C)C34C=Cc3cc([N+](=O)[O-])ccc3O4)cc2)cc1. The molecule has 4 aromatic carbocycles. The molecule has 0 N–H and O–H groups in total. The van der Waals surface area contributed by atoms with Gasteiger partial charge in [-0.05, 0) is 111 Å². The van der Waals surface area contributed by atoms with E-state index in [1.54, 1.807) is 6.07 Å². The molecule has 2 heterocycles. The maximum atomic E-state index is 12.8. The average molecular weight is 801 g/mol. The van der Waals surface area contributed by atoms with Crippen LogP contribution in [0.15, 0.2) is 107 Å². The van der Waals surface area contributed by atoms with E-state index in [4.69, 9.17) is 14.2 Å². The molecule has 0 radical (unpaired) electrons. The number of benzene rings is 4. The standard InChI is InChI=1S/C49H60N4O6/c1-4-5-6-7-8-9-10-11-12-17-35-57-43-29-26-41(27-30-43)51-50-40-24-22-38(23-25-40)18-13-16-21-47(54)58-36-34-52-45-20-15-14-19-44(45)48(2,3)49(52)33-32-39-37-42(53(55)56)28-31-46(39)59-49/h14-15,19-20,22-33,37H,4-13,16-18,21,34-36H2,1-3H3. The Morgan fingerprint density at radius 2 is 1.44 bits per heavy atom. The van der Waals surface area contributed by atoms with E-state index >= 15 is 0 Å². The zero-order valence-electron chi connectivity index (χ0n) is 35.1. The summed E-state index contributed by atoms with van der Waals surface area (Å²) in [6.07, 6.45) is 19.8. The van der Waals surface area contributed by atoms with Gasteiger partial charge < -0.3 is 19.1 Å². The number of azo groups is 1. The summed E-state index contributed by atoms with van der Waals surface area (Å²) < 4.78 is 18.4. The first kappa shape index (κ1) is 43.1. The van der Waals surface area contributed by atoms with E-state index in [0.29, 0.717) is 24.3 Å². The lowest BCUT2D eigenvalue weighted by atomic mass is 9.76. The number of anilines is 1. The van der Waals surface area contributed by atoms with Crippen molar-refractivity contribution in [1.82, 2.24) is 0 Å². The Kier molecular flexibility index (Phi) is 15.3. The van der Waals surface area contributed by atoms with Gasteiger partial charge >= 0.3 is 5.97 Å². The van der Waals surface area contributed by atoms with Crippen molar-refractivity contribution in [3.8, 4) is 11.5 Å². The summed E-state index contributed by atoms with van der Waals surface area (Å²) in [7, 11) is 0. The van der Waals surface area contributed by atoms with Gasteiger partial charge in [0.05, 0.1) is 34.9 Å². The minimum absolute atomic E-state index is 0.0137. The molecular weight excluding hydrogens is 741 g/mol. The Morgan fingerprint density at radius 1 is 0.780 bits per heavy atom. The number of non-ortho nitro benzene ring substituents is 1. The number of esters is 1. The van der Waals surface area contributed by atoms with Crippen LogP contribution in [0.2, 0.25) is 0 Å². The fourth-order valence-corrected chi connectivity index (χ4v) is 8.15. The number of hydrogen-bond acceptors (Lipinski definition) is 9. The van der Waals surface area contributed by atoms with Gasteiger partial charge in [-0.3, -0.25) is 14.9 Å². The van der Waals surface area contributed by atoms with Gasteiger partial charge in [-0.25, -0.2) is 0 Å². The summed E-state index contributed by atoms with van der Waals surface area (Å²) >= 11 is 0. The first-order valence-corrected chi connectivity index (χ1v) is 21.6. The number of ether oxygens (including phenoxy) is 3. The van der Waals surface area contributed by atoms with Gasteiger partial charge in [-0.2, -0.15) is 10.2 Å². The number of carbonyl (C=O) groups is 1. The summed E-state index contributed by atoms with van der Waals surface area (Å²) in [5.41, 5.74) is 4.15. The molecule has 312 valence electrons. The highest BCUT2D eigenvalue weighted by Crippen LogP contribution is 2.55. The fourth-order valence-electron chi connectivity index (χ4n) is 8.15. The predicted molar refractivity (Wildman–Crippen MR) is 235 cm³/mol. The van der Waals surface area contributed by atoms with Gasteiger partial charge in [0.2, 0.25) is 5.72 Å². The molecule has 0 bridgehead atoms. The molecule has 0 saturated heterocycles. The first-order chi connectivity index (χ1) is 28.7.